The van der Waals surface area contributed by atoms with Crippen LogP contribution < -0.4 is 5.32 Å². The van der Waals surface area contributed by atoms with Crippen molar-refractivity contribution in [3.8, 4) is 0 Å². The smallest absolute Gasteiger partial charge is 0.125 e. The van der Waals surface area contributed by atoms with E-state index in [4.69, 9.17) is 0 Å². The maximum absolute atomic E-state index is 4.41. The summed E-state index contributed by atoms with van der Waals surface area (Å²) in [4.78, 5) is 4.41. The number of rotatable bonds is 6. The Morgan fingerprint density at radius 2 is 2.29 bits per heavy atom. The van der Waals surface area contributed by atoms with E-state index in [0.29, 0.717) is 6.04 Å². The van der Waals surface area contributed by atoms with E-state index in [1.54, 1.807) is 0 Å². The molecular formula is C11H21N3. The molecule has 3 nitrogen and oxygen atoms in total. The second kappa shape index (κ2) is 5.81. The number of nitrogens with zero attached hydrogens (tertiary/aromatic N) is 2. The van der Waals surface area contributed by atoms with Crippen molar-refractivity contribution in [2.45, 2.75) is 45.7 Å². The summed E-state index contributed by atoms with van der Waals surface area (Å²) >= 11 is 0. The summed E-state index contributed by atoms with van der Waals surface area (Å²) in [6.07, 6.45) is 7.60. The van der Waals surface area contributed by atoms with Gasteiger partial charge in [-0.15, -0.1) is 0 Å². The first-order chi connectivity index (χ1) is 6.83. The van der Waals surface area contributed by atoms with Crippen LogP contribution in [0.1, 0.15) is 45.0 Å². The normalized spacial score (nSPS) is 13.1. The van der Waals surface area contributed by atoms with Crippen LogP contribution in [-0.2, 0) is 6.54 Å². The van der Waals surface area contributed by atoms with Crippen molar-refractivity contribution >= 4 is 0 Å². The van der Waals surface area contributed by atoms with Crippen LogP contribution in [0.15, 0.2) is 12.4 Å². The molecule has 1 heterocycles. The predicted molar refractivity (Wildman–Crippen MR) is 59.2 cm³/mol. The molecular weight excluding hydrogens is 174 g/mol. The lowest BCUT2D eigenvalue weighted by molar-refractivity contribution is 0.476. The lowest BCUT2D eigenvalue weighted by Gasteiger charge is -2.16. The van der Waals surface area contributed by atoms with E-state index in [0.717, 1.165) is 6.54 Å². The van der Waals surface area contributed by atoms with Crippen molar-refractivity contribution in [1.82, 2.24) is 14.9 Å². The Hall–Kier alpha value is -0.830. The van der Waals surface area contributed by atoms with Crippen molar-refractivity contribution in [3.63, 3.8) is 0 Å². The minimum absolute atomic E-state index is 0.407. The molecule has 0 aliphatic carbocycles. The van der Waals surface area contributed by atoms with E-state index in [9.17, 15) is 0 Å². The van der Waals surface area contributed by atoms with Crippen molar-refractivity contribution < 1.29 is 0 Å². The lowest BCUT2D eigenvalue weighted by atomic mass is 10.1. The van der Waals surface area contributed by atoms with Crippen LogP contribution in [0.25, 0.3) is 0 Å². The highest BCUT2D eigenvalue weighted by molar-refractivity contribution is 4.99. The third kappa shape index (κ3) is 2.58. The highest BCUT2D eigenvalue weighted by Crippen LogP contribution is 2.17. The minimum Gasteiger partial charge on any atom is -0.334 e. The number of hydrogen-bond donors (Lipinski definition) is 1. The number of nitrogens with one attached hydrogen (secondary N) is 1. The van der Waals surface area contributed by atoms with Gasteiger partial charge in [-0.3, -0.25) is 0 Å². The Morgan fingerprint density at radius 3 is 2.86 bits per heavy atom. The predicted octanol–water partition coefficient (Wildman–Crippen LogP) is 2.35. The average molecular weight is 195 g/mol. The molecule has 3 heteroatoms. The van der Waals surface area contributed by atoms with E-state index in [2.05, 4.69) is 28.7 Å². The fourth-order valence-corrected chi connectivity index (χ4v) is 1.71. The Labute approximate surface area is 86.5 Å². The largest absolute Gasteiger partial charge is 0.334 e. The zero-order valence-electron chi connectivity index (χ0n) is 9.45. The molecule has 1 aromatic heterocycles. The van der Waals surface area contributed by atoms with Crippen LogP contribution in [0.3, 0.4) is 0 Å². The lowest BCUT2D eigenvalue weighted by Crippen LogP contribution is -2.20. The third-order valence-corrected chi connectivity index (χ3v) is 2.59. The van der Waals surface area contributed by atoms with Crippen LogP contribution in [0.5, 0.6) is 0 Å². The summed E-state index contributed by atoms with van der Waals surface area (Å²) in [5.41, 5.74) is 0. The zero-order valence-corrected chi connectivity index (χ0v) is 9.45. The Balaban J connectivity index is 2.67. The molecule has 0 aromatic carbocycles. The molecule has 0 bridgehead atoms. The monoisotopic (exact) mass is 195 g/mol. The van der Waals surface area contributed by atoms with E-state index in [-0.39, 0.29) is 0 Å². The van der Waals surface area contributed by atoms with Gasteiger partial charge >= 0.3 is 0 Å². The van der Waals surface area contributed by atoms with Crippen LogP contribution in [-0.4, -0.2) is 16.6 Å². The minimum atomic E-state index is 0.407. The van der Waals surface area contributed by atoms with Crippen LogP contribution in [0.4, 0.5) is 0 Å². The van der Waals surface area contributed by atoms with E-state index in [1.807, 2.05) is 19.4 Å². The van der Waals surface area contributed by atoms with E-state index >= 15 is 0 Å². The molecule has 0 saturated heterocycles. The van der Waals surface area contributed by atoms with Gasteiger partial charge in [0, 0.05) is 18.9 Å². The molecule has 1 unspecified atom stereocenters. The standard InChI is InChI=1S/C11H21N3/c1-4-6-7-10(12-3)11-13-8-9-14(11)5-2/h8-10,12H,4-7H2,1-3H3. The fraction of sp³-hybridized carbons (Fsp3) is 0.727. The maximum atomic E-state index is 4.41. The molecule has 0 radical (unpaired) electrons. The first-order valence-corrected chi connectivity index (χ1v) is 5.51. The van der Waals surface area contributed by atoms with Crippen molar-refractivity contribution in [3.05, 3.63) is 18.2 Å². The van der Waals surface area contributed by atoms with Gasteiger partial charge in [-0.25, -0.2) is 4.98 Å². The van der Waals surface area contributed by atoms with Crippen LogP contribution in [0.2, 0.25) is 0 Å². The first kappa shape index (κ1) is 11.2. The van der Waals surface area contributed by atoms with Crippen molar-refractivity contribution in [2.75, 3.05) is 7.05 Å². The van der Waals surface area contributed by atoms with Gasteiger partial charge in [0.15, 0.2) is 0 Å². The number of aryl methyl sites for hydroxylation is 1. The molecule has 1 atom stereocenters. The zero-order chi connectivity index (χ0) is 10.4. The summed E-state index contributed by atoms with van der Waals surface area (Å²) in [5.74, 6) is 1.17. The molecule has 0 saturated carbocycles. The molecule has 0 aliphatic rings. The molecule has 0 spiro atoms. The van der Waals surface area contributed by atoms with Crippen molar-refractivity contribution in [2.24, 2.45) is 0 Å². The van der Waals surface area contributed by atoms with Gasteiger partial charge in [0.05, 0.1) is 6.04 Å². The maximum Gasteiger partial charge on any atom is 0.125 e. The SMILES string of the molecule is CCCCC(NC)c1nccn1CC. The van der Waals surface area contributed by atoms with Crippen molar-refractivity contribution in [1.29, 1.82) is 0 Å². The van der Waals surface area contributed by atoms with Gasteiger partial charge < -0.3 is 9.88 Å². The Kier molecular flexibility index (Phi) is 4.66. The second-order valence-electron chi connectivity index (χ2n) is 3.55. The Bertz CT molecular complexity index is 255. The molecule has 1 rings (SSSR count). The van der Waals surface area contributed by atoms with Gasteiger partial charge in [0.1, 0.15) is 5.82 Å². The van der Waals surface area contributed by atoms with E-state index in [1.165, 1.54) is 25.1 Å². The number of unbranched alkanes of at least 4 members (excludes halogenated alkanes) is 1. The average Bonchev–Trinajstić information content (AvgIpc) is 2.67. The van der Waals surface area contributed by atoms with Gasteiger partial charge in [-0.1, -0.05) is 19.8 Å². The molecule has 0 aliphatic heterocycles. The molecule has 1 N–H and O–H groups in total. The summed E-state index contributed by atoms with van der Waals surface area (Å²) in [7, 11) is 2.01. The molecule has 1 aromatic rings. The molecule has 0 amide bonds. The summed E-state index contributed by atoms with van der Waals surface area (Å²) in [6, 6.07) is 0.407. The fourth-order valence-electron chi connectivity index (χ4n) is 1.71. The van der Waals surface area contributed by atoms with Crippen LogP contribution in [0, 0.1) is 0 Å². The van der Waals surface area contributed by atoms with Crippen LogP contribution >= 0.6 is 0 Å². The number of hydrogen-bond acceptors (Lipinski definition) is 2. The summed E-state index contributed by atoms with van der Waals surface area (Å²) in [5, 5.41) is 3.33. The van der Waals surface area contributed by atoms with Gasteiger partial charge in [-0.05, 0) is 20.4 Å². The van der Waals surface area contributed by atoms with E-state index < -0.39 is 0 Å². The summed E-state index contributed by atoms with van der Waals surface area (Å²) in [6.45, 7) is 5.37. The Morgan fingerprint density at radius 1 is 1.50 bits per heavy atom. The number of imidazole rings is 1. The summed E-state index contributed by atoms with van der Waals surface area (Å²) < 4.78 is 2.21. The highest BCUT2D eigenvalue weighted by Gasteiger charge is 2.13. The molecule has 80 valence electrons. The highest BCUT2D eigenvalue weighted by atomic mass is 15.1. The van der Waals surface area contributed by atoms with Gasteiger partial charge in [0.25, 0.3) is 0 Å². The number of aromatic nitrogens is 2. The second-order valence-corrected chi connectivity index (χ2v) is 3.55. The van der Waals surface area contributed by atoms with Gasteiger partial charge in [-0.2, -0.15) is 0 Å². The quantitative estimate of drug-likeness (QED) is 0.755. The topological polar surface area (TPSA) is 29.9 Å². The first-order valence-electron chi connectivity index (χ1n) is 5.51. The van der Waals surface area contributed by atoms with Gasteiger partial charge in [0.2, 0.25) is 0 Å². The molecule has 14 heavy (non-hydrogen) atoms. The third-order valence-electron chi connectivity index (χ3n) is 2.59. The molecule has 0 fully saturated rings.